The number of ether oxygens (including phenoxy) is 1. The third kappa shape index (κ3) is 6.39. The monoisotopic (exact) mass is 588 g/mol. The van der Waals surface area contributed by atoms with Crippen LogP contribution in [0.5, 0.6) is 5.75 Å². The van der Waals surface area contributed by atoms with Crippen molar-refractivity contribution in [2.45, 2.75) is 26.7 Å². The van der Waals surface area contributed by atoms with Crippen LogP contribution in [0, 0.1) is 13.8 Å². The first-order chi connectivity index (χ1) is 19.8. The molecule has 0 radical (unpaired) electrons. The van der Waals surface area contributed by atoms with Gasteiger partial charge in [-0.3, -0.25) is 14.3 Å². The van der Waals surface area contributed by atoms with E-state index in [0.717, 1.165) is 55.7 Å². The number of para-hydroxylation sites is 2. The van der Waals surface area contributed by atoms with E-state index < -0.39 is 0 Å². The van der Waals surface area contributed by atoms with Crippen molar-refractivity contribution in [2.24, 2.45) is 7.05 Å². The summed E-state index contributed by atoms with van der Waals surface area (Å²) in [7, 11) is 1.93. The minimum absolute atomic E-state index is 0.127. The van der Waals surface area contributed by atoms with Crippen LogP contribution < -0.4 is 14.8 Å². The van der Waals surface area contributed by atoms with Crippen molar-refractivity contribution in [3.05, 3.63) is 99.8 Å². The van der Waals surface area contributed by atoms with E-state index >= 15 is 0 Å². The molecule has 0 aliphatic rings. The Bertz CT molecular complexity index is 1700. The van der Waals surface area contributed by atoms with Gasteiger partial charge in [0.2, 0.25) is 0 Å². The summed E-state index contributed by atoms with van der Waals surface area (Å²) in [6.07, 6.45) is 3.27. The van der Waals surface area contributed by atoms with E-state index in [1.807, 2.05) is 92.3 Å². The molecule has 5 aromatic rings. The van der Waals surface area contributed by atoms with Crippen LogP contribution in [0.15, 0.2) is 66.9 Å². The van der Waals surface area contributed by atoms with Gasteiger partial charge < -0.3 is 19.6 Å². The van der Waals surface area contributed by atoms with Gasteiger partial charge in [0, 0.05) is 52.4 Å². The number of nitrogens with one attached hydrogen (secondary N) is 3. The minimum atomic E-state index is -0.188. The van der Waals surface area contributed by atoms with Gasteiger partial charge in [0.25, 0.3) is 11.8 Å². The van der Waals surface area contributed by atoms with Gasteiger partial charge in [-0.25, -0.2) is 0 Å². The predicted molar refractivity (Wildman–Crippen MR) is 168 cm³/mol. The maximum Gasteiger partial charge on any atom is 0.277 e. The Hall–Kier alpha value is -3.88. The number of carbonyl (C=O) groups is 2. The predicted octanol–water partition coefficient (Wildman–Crippen LogP) is 6.75. The molecule has 3 aromatic carbocycles. The lowest BCUT2D eigenvalue weighted by molar-refractivity contribution is 0.0956. The normalized spacial score (nSPS) is 11.2. The van der Waals surface area contributed by atoms with E-state index in [-0.39, 0.29) is 11.8 Å². The van der Waals surface area contributed by atoms with Crippen LogP contribution in [0.2, 0.25) is 5.02 Å². The lowest BCUT2D eigenvalue weighted by Gasteiger charge is -2.10. The summed E-state index contributed by atoms with van der Waals surface area (Å²) in [5.74, 6) is 1.01. The third-order valence-corrected chi connectivity index (χ3v) is 8.42. The quantitative estimate of drug-likeness (QED) is 0.118. The van der Waals surface area contributed by atoms with Gasteiger partial charge in [0.15, 0.2) is 0 Å². The Balaban J connectivity index is 1.15. The molecule has 2 heterocycles. The molecular weight excluding hydrogens is 556 g/mol. The van der Waals surface area contributed by atoms with Crippen molar-refractivity contribution in [2.75, 3.05) is 18.9 Å². The van der Waals surface area contributed by atoms with Crippen LogP contribution in [0.3, 0.4) is 0 Å². The number of H-pyrrole nitrogens is 1. The van der Waals surface area contributed by atoms with Crippen molar-refractivity contribution in [1.29, 1.82) is 0 Å². The number of hydrogen-bond donors (Lipinski definition) is 3. The largest absolute Gasteiger partial charge is 0.494 e. The molecule has 0 saturated carbocycles. The summed E-state index contributed by atoms with van der Waals surface area (Å²) in [5, 5.41) is 5.67. The molecule has 3 N–H and O–H groups in total. The smallest absolute Gasteiger partial charge is 0.277 e. The number of aryl methyl sites for hydroxylation is 4. The van der Waals surface area contributed by atoms with Gasteiger partial charge in [0.1, 0.15) is 11.4 Å². The highest BCUT2D eigenvalue weighted by atomic mass is 35.5. The van der Waals surface area contributed by atoms with E-state index in [1.165, 1.54) is 11.9 Å². The molecule has 212 valence electrons. The van der Waals surface area contributed by atoms with E-state index in [2.05, 4.69) is 15.0 Å². The minimum Gasteiger partial charge on any atom is -0.494 e. The topological polar surface area (TPSA) is 88.2 Å². The van der Waals surface area contributed by atoms with Crippen LogP contribution in [-0.2, 0) is 13.5 Å². The highest BCUT2D eigenvalue weighted by molar-refractivity contribution is 7.97. The zero-order valence-electron chi connectivity index (χ0n) is 23.3. The Morgan fingerprint density at radius 2 is 1.71 bits per heavy atom. The fourth-order valence-corrected chi connectivity index (χ4v) is 5.73. The maximum atomic E-state index is 13.2. The van der Waals surface area contributed by atoms with E-state index in [4.69, 9.17) is 16.3 Å². The lowest BCUT2D eigenvalue weighted by atomic mass is 10.1. The fraction of sp³-hybridized carbons (Fsp3) is 0.250. The summed E-state index contributed by atoms with van der Waals surface area (Å²) < 4.78 is 10.9. The van der Waals surface area contributed by atoms with Crippen molar-refractivity contribution >= 4 is 57.2 Å². The standard InChI is InChI=1S/C32H33ClN4O3S/c1-20-17-22(18-21(2)29(20)33)40-15-8-11-25-23-9-4-6-12-27(23)35-30(25)32(39)36-41-16-14-34-31(38)26-19-37(3)28-13-7-5-10-24(26)28/h4-7,9-10,12-13,17-19,35H,8,11,14-16H2,1-3H3,(H,34,38)(H,36,39). The molecule has 0 saturated heterocycles. The molecule has 9 heteroatoms. The van der Waals surface area contributed by atoms with Crippen LogP contribution in [-0.4, -0.2) is 40.3 Å². The number of rotatable bonds is 11. The maximum absolute atomic E-state index is 13.2. The molecule has 0 fully saturated rings. The van der Waals surface area contributed by atoms with E-state index in [1.54, 1.807) is 0 Å². The Morgan fingerprint density at radius 3 is 2.49 bits per heavy atom. The molecule has 0 atom stereocenters. The average molecular weight is 589 g/mol. The van der Waals surface area contributed by atoms with Crippen LogP contribution >= 0.6 is 23.5 Å². The molecule has 0 bridgehead atoms. The number of aromatic amines is 1. The molecule has 2 aromatic heterocycles. The zero-order valence-corrected chi connectivity index (χ0v) is 24.9. The third-order valence-electron chi connectivity index (χ3n) is 7.09. The van der Waals surface area contributed by atoms with Crippen LogP contribution in [0.4, 0.5) is 0 Å². The Morgan fingerprint density at radius 1 is 1.00 bits per heavy atom. The number of fused-ring (bicyclic) bond motifs is 2. The van der Waals surface area contributed by atoms with Crippen molar-refractivity contribution in [3.8, 4) is 5.75 Å². The van der Waals surface area contributed by atoms with Crippen molar-refractivity contribution < 1.29 is 14.3 Å². The highest BCUT2D eigenvalue weighted by Crippen LogP contribution is 2.27. The molecule has 5 rings (SSSR count). The molecule has 0 unspecified atom stereocenters. The van der Waals surface area contributed by atoms with Gasteiger partial charge in [-0.1, -0.05) is 48.0 Å². The summed E-state index contributed by atoms with van der Waals surface area (Å²) in [6, 6.07) is 19.6. The number of carbonyl (C=O) groups excluding carboxylic acids is 2. The average Bonchev–Trinajstić information content (AvgIpc) is 3.51. The molecule has 2 amide bonds. The van der Waals surface area contributed by atoms with Gasteiger partial charge in [-0.2, -0.15) is 0 Å². The van der Waals surface area contributed by atoms with Crippen molar-refractivity contribution in [3.63, 3.8) is 0 Å². The molecule has 0 spiro atoms. The number of aromatic nitrogens is 2. The summed E-state index contributed by atoms with van der Waals surface area (Å²) >= 11 is 7.55. The Labute approximate surface area is 248 Å². The zero-order chi connectivity index (χ0) is 28.9. The molecule has 41 heavy (non-hydrogen) atoms. The second kappa shape index (κ2) is 12.7. The summed E-state index contributed by atoms with van der Waals surface area (Å²) in [6.45, 7) is 4.88. The molecule has 0 aliphatic heterocycles. The second-order valence-electron chi connectivity index (χ2n) is 10.1. The number of benzene rings is 3. The van der Waals surface area contributed by atoms with Gasteiger partial charge in [-0.15, -0.1) is 0 Å². The van der Waals surface area contributed by atoms with Gasteiger partial charge >= 0.3 is 0 Å². The number of halogens is 1. The lowest BCUT2D eigenvalue weighted by Crippen LogP contribution is -2.27. The molecular formula is C32H33ClN4O3S. The second-order valence-corrected chi connectivity index (χ2v) is 11.3. The number of nitrogens with zero attached hydrogens (tertiary/aromatic N) is 1. The fourth-order valence-electron chi connectivity index (χ4n) is 5.08. The Kier molecular flexibility index (Phi) is 8.90. The summed E-state index contributed by atoms with van der Waals surface area (Å²) in [5.41, 5.74) is 6.07. The number of hydrogen-bond acceptors (Lipinski definition) is 4. The van der Waals surface area contributed by atoms with Crippen molar-refractivity contribution in [1.82, 2.24) is 19.6 Å². The molecule has 0 aliphatic carbocycles. The molecule has 7 nitrogen and oxygen atoms in total. The first-order valence-corrected chi connectivity index (χ1v) is 14.9. The van der Waals surface area contributed by atoms with Gasteiger partial charge in [0.05, 0.1) is 12.2 Å². The van der Waals surface area contributed by atoms with Crippen LogP contribution in [0.25, 0.3) is 21.8 Å². The highest BCUT2D eigenvalue weighted by Gasteiger charge is 2.18. The van der Waals surface area contributed by atoms with E-state index in [0.29, 0.717) is 36.6 Å². The first kappa shape index (κ1) is 28.6. The number of amides is 2. The van der Waals surface area contributed by atoms with Crippen LogP contribution in [0.1, 0.15) is 44.0 Å². The SMILES string of the molecule is Cc1cc(OCCCc2c(C(=O)NSCCNC(=O)c3cn(C)c4ccccc34)[nH]c3ccccc23)cc(C)c1Cl. The first-order valence-electron chi connectivity index (χ1n) is 13.6. The van der Waals surface area contributed by atoms with E-state index in [9.17, 15) is 9.59 Å². The summed E-state index contributed by atoms with van der Waals surface area (Å²) in [4.78, 5) is 29.2. The van der Waals surface area contributed by atoms with Gasteiger partial charge in [-0.05, 0) is 79.6 Å².